The lowest BCUT2D eigenvalue weighted by molar-refractivity contribution is -0.138. The number of thioether (sulfide) groups is 1. The van der Waals surface area contributed by atoms with Crippen molar-refractivity contribution in [2.75, 3.05) is 44.2 Å². The summed E-state index contributed by atoms with van der Waals surface area (Å²) in [4.78, 5) is 26.7. The molecule has 0 bridgehead atoms. The van der Waals surface area contributed by atoms with Crippen LogP contribution >= 0.6 is 11.8 Å². The maximum absolute atomic E-state index is 12.0. The predicted molar refractivity (Wildman–Crippen MR) is 81.3 cm³/mol. The number of carboxylic acid groups (broad SMARTS) is 1. The van der Waals surface area contributed by atoms with E-state index in [9.17, 15) is 9.59 Å². The van der Waals surface area contributed by atoms with Crippen molar-refractivity contribution in [3.63, 3.8) is 0 Å². The molecule has 6 nitrogen and oxygen atoms in total. The van der Waals surface area contributed by atoms with Gasteiger partial charge in [-0.05, 0) is 13.8 Å². The van der Waals surface area contributed by atoms with Gasteiger partial charge in [-0.25, -0.2) is 4.79 Å². The van der Waals surface area contributed by atoms with Gasteiger partial charge in [0.25, 0.3) is 0 Å². The minimum Gasteiger partial charge on any atom is -0.481 e. The molecule has 0 spiro atoms. The summed E-state index contributed by atoms with van der Waals surface area (Å²) in [6.07, 6.45) is -0.0232. The van der Waals surface area contributed by atoms with Crippen molar-refractivity contribution in [1.82, 2.24) is 15.1 Å². The Labute approximate surface area is 124 Å². The highest BCUT2D eigenvalue weighted by Crippen LogP contribution is 2.08. The molecule has 1 saturated heterocycles. The Kier molecular flexibility index (Phi) is 7.76. The van der Waals surface area contributed by atoms with Crippen molar-refractivity contribution in [3.8, 4) is 0 Å². The zero-order chi connectivity index (χ0) is 15.0. The normalized spacial score (nSPS) is 17.5. The number of carboxylic acids is 1. The molecule has 1 fully saturated rings. The molecule has 1 rings (SSSR count). The number of nitrogens with one attached hydrogen (secondary N) is 1. The second-order valence-electron chi connectivity index (χ2n) is 4.92. The summed E-state index contributed by atoms with van der Waals surface area (Å²) in [6.45, 7) is 7.76. The molecule has 0 radical (unpaired) electrons. The van der Waals surface area contributed by atoms with Crippen LogP contribution in [0.2, 0.25) is 0 Å². The van der Waals surface area contributed by atoms with E-state index in [2.05, 4.69) is 10.2 Å². The van der Waals surface area contributed by atoms with E-state index in [0.29, 0.717) is 13.1 Å². The Morgan fingerprint density at radius 1 is 1.40 bits per heavy atom. The van der Waals surface area contributed by atoms with E-state index >= 15 is 0 Å². The molecule has 1 aliphatic rings. The summed E-state index contributed by atoms with van der Waals surface area (Å²) in [7, 11) is 0. The zero-order valence-electron chi connectivity index (χ0n) is 12.3. The Balaban J connectivity index is 2.29. The molecule has 0 aromatic rings. The maximum atomic E-state index is 12.0. The number of aliphatic carboxylic acids is 1. The molecule has 1 aliphatic heterocycles. The van der Waals surface area contributed by atoms with Gasteiger partial charge in [-0.1, -0.05) is 0 Å². The van der Waals surface area contributed by atoms with Crippen molar-refractivity contribution in [2.45, 2.75) is 26.3 Å². The molecule has 1 atom stereocenters. The first-order chi connectivity index (χ1) is 9.54. The van der Waals surface area contributed by atoms with Gasteiger partial charge < -0.3 is 15.3 Å². The van der Waals surface area contributed by atoms with Gasteiger partial charge in [0, 0.05) is 50.3 Å². The summed E-state index contributed by atoms with van der Waals surface area (Å²) >= 11 is 1.96. The van der Waals surface area contributed by atoms with Crippen LogP contribution in [0.5, 0.6) is 0 Å². The maximum Gasteiger partial charge on any atom is 0.317 e. The molecule has 0 aromatic heterocycles. The van der Waals surface area contributed by atoms with Gasteiger partial charge in [0.15, 0.2) is 0 Å². The van der Waals surface area contributed by atoms with E-state index < -0.39 is 5.97 Å². The first kappa shape index (κ1) is 17.1. The van der Waals surface area contributed by atoms with Crippen LogP contribution in [-0.2, 0) is 4.79 Å². The number of carbonyl (C=O) groups is 2. The fourth-order valence-electron chi connectivity index (χ4n) is 2.27. The molecule has 1 unspecified atom stereocenters. The molecular weight excluding hydrogens is 278 g/mol. The smallest absolute Gasteiger partial charge is 0.317 e. The third-order valence-corrected chi connectivity index (χ3v) is 4.35. The molecule has 0 aliphatic carbocycles. The minimum absolute atomic E-state index is 0.0232. The molecule has 116 valence electrons. The molecule has 2 amide bonds. The number of rotatable bonds is 7. The van der Waals surface area contributed by atoms with Gasteiger partial charge in [-0.15, -0.1) is 0 Å². The quantitative estimate of drug-likeness (QED) is 0.732. The van der Waals surface area contributed by atoms with Crippen LogP contribution in [0.1, 0.15) is 20.3 Å². The Morgan fingerprint density at radius 2 is 2.05 bits per heavy atom. The number of nitrogens with zero attached hydrogens (tertiary/aromatic N) is 2. The summed E-state index contributed by atoms with van der Waals surface area (Å²) in [5.74, 6) is 1.43. The predicted octanol–water partition coefficient (Wildman–Crippen LogP) is 0.930. The van der Waals surface area contributed by atoms with E-state index in [1.165, 1.54) is 0 Å². The molecular formula is C13H25N3O3S. The topological polar surface area (TPSA) is 72.9 Å². The van der Waals surface area contributed by atoms with Crippen LogP contribution in [0.3, 0.4) is 0 Å². The lowest BCUT2D eigenvalue weighted by Gasteiger charge is -2.29. The van der Waals surface area contributed by atoms with E-state index in [-0.39, 0.29) is 18.5 Å². The SMILES string of the molecule is CCN(C(=O)NCCN1CCSCC1)C(C)CC(=O)O. The van der Waals surface area contributed by atoms with Gasteiger partial charge >= 0.3 is 12.0 Å². The van der Waals surface area contributed by atoms with Crippen LogP contribution in [0.15, 0.2) is 0 Å². The number of carbonyl (C=O) groups excluding carboxylic acids is 1. The highest BCUT2D eigenvalue weighted by molar-refractivity contribution is 7.99. The molecule has 20 heavy (non-hydrogen) atoms. The fraction of sp³-hybridized carbons (Fsp3) is 0.846. The average molecular weight is 303 g/mol. The lowest BCUT2D eigenvalue weighted by Crippen LogP contribution is -2.48. The summed E-state index contributed by atoms with van der Waals surface area (Å²) in [5, 5.41) is 11.7. The number of urea groups is 1. The molecule has 1 heterocycles. The number of hydrogen-bond acceptors (Lipinski definition) is 4. The van der Waals surface area contributed by atoms with E-state index in [4.69, 9.17) is 5.11 Å². The van der Waals surface area contributed by atoms with Crippen molar-refractivity contribution in [3.05, 3.63) is 0 Å². The van der Waals surface area contributed by atoms with Crippen LogP contribution in [-0.4, -0.2) is 77.2 Å². The summed E-state index contributed by atoms with van der Waals surface area (Å²) < 4.78 is 0. The number of hydrogen-bond donors (Lipinski definition) is 2. The molecule has 0 aromatic carbocycles. The highest BCUT2D eigenvalue weighted by Gasteiger charge is 2.20. The van der Waals surface area contributed by atoms with Gasteiger partial charge in [0.2, 0.25) is 0 Å². The van der Waals surface area contributed by atoms with E-state index in [1.54, 1.807) is 11.8 Å². The van der Waals surface area contributed by atoms with Crippen molar-refractivity contribution < 1.29 is 14.7 Å². The number of amides is 2. The second-order valence-corrected chi connectivity index (χ2v) is 6.14. The van der Waals surface area contributed by atoms with Crippen LogP contribution < -0.4 is 5.32 Å². The van der Waals surface area contributed by atoms with E-state index in [0.717, 1.165) is 31.1 Å². The van der Waals surface area contributed by atoms with Gasteiger partial charge in [-0.2, -0.15) is 11.8 Å². The monoisotopic (exact) mass is 303 g/mol. The van der Waals surface area contributed by atoms with Crippen molar-refractivity contribution in [2.24, 2.45) is 0 Å². The van der Waals surface area contributed by atoms with Crippen molar-refractivity contribution >= 4 is 23.8 Å². The average Bonchev–Trinajstić information content (AvgIpc) is 2.40. The Bertz CT molecular complexity index is 322. The third-order valence-electron chi connectivity index (χ3n) is 3.41. The third kappa shape index (κ3) is 6.00. The Morgan fingerprint density at radius 3 is 2.60 bits per heavy atom. The van der Waals surface area contributed by atoms with Crippen LogP contribution in [0.25, 0.3) is 0 Å². The zero-order valence-corrected chi connectivity index (χ0v) is 13.1. The molecule has 7 heteroatoms. The first-order valence-corrected chi connectivity index (χ1v) is 8.26. The van der Waals surface area contributed by atoms with Gasteiger partial charge in [0.1, 0.15) is 0 Å². The van der Waals surface area contributed by atoms with Gasteiger partial charge in [0.05, 0.1) is 6.42 Å². The van der Waals surface area contributed by atoms with Gasteiger partial charge in [-0.3, -0.25) is 9.69 Å². The summed E-state index contributed by atoms with van der Waals surface area (Å²) in [5.41, 5.74) is 0. The molecule has 0 saturated carbocycles. The Hall–Kier alpha value is -0.950. The fourth-order valence-corrected chi connectivity index (χ4v) is 3.24. The second kappa shape index (κ2) is 9.07. The largest absolute Gasteiger partial charge is 0.481 e. The minimum atomic E-state index is -0.880. The molecule has 2 N–H and O–H groups in total. The summed E-state index contributed by atoms with van der Waals surface area (Å²) in [6, 6.07) is -0.462. The lowest BCUT2D eigenvalue weighted by atomic mass is 10.2. The first-order valence-electron chi connectivity index (χ1n) is 7.11. The van der Waals surface area contributed by atoms with Crippen molar-refractivity contribution in [1.29, 1.82) is 0 Å². The van der Waals surface area contributed by atoms with Crippen LogP contribution in [0, 0.1) is 0 Å². The standard InChI is InChI=1S/C13H25N3O3S/c1-3-16(11(2)10-12(17)18)13(19)14-4-5-15-6-8-20-9-7-15/h11H,3-10H2,1-2H3,(H,14,19)(H,17,18). The highest BCUT2D eigenvalue weighted by atomic mass is 32.2. The van der Waals surface area contributed by atoms with Crippen LogP contribution in [0.4, 0.5) is 4.79 Å². The van der Waals surface area contributed by atoms with E-state index in [1.807, 2.05) is 18.7 Å².